The van der Waals surface area contributed by atoms with Crippen molar-refractivity contribution in [1.82, 2.24) is 10.2 Å². The second-order valence-corrected chi connectivity index (χ2v) is 6.46. The van der Waals surface area contributed by atoms with Gasteiger partial charge in [-0.25, -0.2) is 0 Å². The summed E-state index contributed by atoms with van der Waals surface area (Å²) in [5.74, 6) is 0.137. The number of carbonyl (C=O) groups is 1. The average Bonchev–Trinajstić information content (AvgIpc) is 3.02. The lowest BCUT2D eigenvalue weighted by Crippen LogP contribution is -2.34. The van der Waals surface area contributed by atoms with E-state index in [2.05, 4.69) is 39.2 Å². The molecule has 22 heavy (non-hydrogen) atoms. The number of hydrogen-bond acceptors (Lipinski definition) is 3. The predicted molar refractivity (Wildman–Crippen MR) is 93.1 cm³/mol. The zero-order valence-electron chi connectivity index (χ0n) is 13.3. The van der Waals surface area contributed by atoms with Crippen molar-refractivity contribution in [2.45, 2.75) is 25.3 Å². The molecule has 118 valence electrons. The summed E-state index contributed by atoms with van der Waals surface area (Å²) in [4.78, 5) is 14.1. The fourth-order valence-corrected chi connectivity index (χ4v) is 3.17. The molecule has 0 radical (unpaired) electrons. The third kappa shape index (κ3) is 5.28. The summed E-state index contributed by atoms with van der Waals surface area (Å²) in [6, 6.07) is 12.7. The van der Waals surface area contributed by atoms with Gasteiger partial charge >= 0.3 is 0 Å². The molecule has 3 nitrogen and oxygen atoms in total. The first-order chi connectivity index (χ1) is 10.7. The SMILES string of the molecule is CN(C)[C@H](CNC(=O)CCCc1ccccc1)c1ccsc1. The number of nitrogens with zero attached hydrogens (tertiary/aromatic N) is 1. The van der Waals surface area contributed by atoms with Crippen LogP contribution in [0, 0.1) is 0 Å². The van der Waals surface area contributed by atoms with Crippen LogP contribution >= 0.6 is 11.3 Å². The van der Waals surface area contributed by atoms with Gasteiger partial charge < -0.3 is 10.2 Å². The Bertz CT molecular complexity index is 552. The van der Waals surface area contributed by atoms with Crippen LogP contribution < -0.4 is 5.32 Å². The van der Waals surface area contributed by atoms with E-state index >= 15 is 0 Å². The number of aryl methyl sites for hydroxylation is 1. The van der Waals surface area contributed by atoms with Gasteiger partial charge in [-0.2, -0.15) is 11.3 Å². The zero-order valence-corrected chi connectivity index (χ0v) is 14.1. The van der Waals surface area contributed by atoms with Crippen LogP contribution in [0.25, 0.3) is 0 Å². The van der Waals surface area contributed by atoms with Crippen molar-refractivity contribution in [2.24, 2.45) is 0 Å². The van der Waals surface area contributed by atoms with Gasteiger partial charge in [0.25, 0.3) is 0 Å². The summed E-state index contributed by atoms with van der Waals surface area (Å²) in [7, 11) is 4.09. The highest BCUT2D eigenvalue weighted by molar-refractivity contribution is 7.07. The van der Waals surface area contributed by atoms with Crippen LogP contribution in [0.2, 0.25) is 0 Å². The molecule has 2 rings (SSSR count). The molecular weight excluding hydrogens is 292 g/mol. The number of nitrogens with one attached hydrogen (secondary N) is 1. The molecule has 2 aromatic rings. The Labute approximate surface area is 137 Å². The molecule has 0 bridgehead atoms. The third-order valence-corrected chi connectivity index (χ3v) is 4.46. The Morgan fingerprint density at radius 1 is 1.23 bits per heavy atom. The van der Waals surface area contributed by atoms with E-state index in [9.17, 15) is 4.79 Å². The average molecular weight is 316 g/mol. The molecule has 1 aromatic carbocycles. The van der Waals surface area contributed by atoms with E-state index < -0.39 is 0 Å². The molecule has 1 aromatic heterocycles. The predicted octanol–water partition coefficient (Wildman–Crippen LogP) is 3.49. The molecule has 1 amide bonds. The molecule has 0 aliphatic rings. The number of thiophene rings is 1. The van der Waals surface area contributed by atoms with Crippen molar-refractivity contribution in [1.29, 1.82) is 0 Å². The Hall–Kier alpha value is -1.65. The second kappa shape index (κ2) is 8.71. The van der Waals surface area contributed by atoms with Gasteiger partial charge in [-0.1, -0.05) is 30.3 Å². The summed E-state index contributed by atoms with van der Waals surface area (Å²) in [6.45, 7) is 0.661. The van der Waals surface area contributed by atoms with Gasteiger partial charge in [-0.15, -0.1) is 0 Å². The van der Waals surface area contributed by atoms with Crippen LogP contribution in [0.3, 0.4) is 0 Å². The van der Waals surface area contributed by atoms with E-state index in [-0.39, 0.29) is 11.9 Å². The Balaban J connectivity index is 1.72. The summed E-state index contributed by atoms with van der Waals surface area (Å²) >= 11 is 1.69. The highest BCUT2D eigenvalue weighted by Gasteiger charge is 2.15. The summed E-state index contributed by atoms with van der Waals surface area (Å²) in [5, 5.41) is 7.28. The van der Waals surface area contributed by atoms with E-state index in [1.54, 1.807) is 11.3 Å². The quantitative estimate of drug-likeness (QED) is 0.808. The van der Waals surface area contributed by atoms with E-state index in [0.29, 0.717) is 13.0 Å². The van der Waals surface area contributed by atoms with Crippen molar-refractivity contribution < 1.29 is 4.79 Å². The molecule has 0 unspecified atom stereocenters. The summed E-state index contributed by atoms with van der Waals surface area (Å²) in [5.41, 5.74) is 2.55. The molecule has 0 aliphatic heterocycles. The highest BCUT2D eigenvalue weighted by atomic mass is 32.1. The van der Waals surface area contributed by atoms with Crippen LogP contribution in [-0.2, 0) is 11.2 Å². The van der Waals surface area contributed by atoms with Crippen LogP contribution in [0.5, 0.6) is 0 Å². The molecule has 4 heteroatoms. The first-order valence-electron chi connectivity index (χ1n) is 7.66. The van der Waals surface area contributed by atoms with E-state index in [1.165, 1.54) is 11.1 Å². The van der Waals surface area contributed by atoms with Gasteiger partial charge in [0.05, 0.1) is 6.04 Å². The minimum absolute atomic E-state index is 0.137. The highest BCUT2D eigenvalue weighted by Crippen LogP contribution is 2.20. The first kappa shape index (κ1) is 16.7. The summed E-state index contributed by atoms with van der Waals surface area (Å²) in [6.07, 6.45) is 2.43. The van der Waals surface area contributed by atoms with Crippen LogP contribution in [0.1, 0.15) is 30.0 Å². The molecule has 1 N–H and O–H groups in total. The van der Waals surface area contributed by atoms with Gasteiger partial charge in [0.15, 0.2) is 0 Å². The number of carbonyl (C=O) groups excluding carboxylic acids is 1. The zero-order chi connectivity index (χ0) is 15.8. The van der Waals surface area contributed by atoms with Crippen LogP contribution in [-0.4, -0.2) is 31.4 Å². The van der Waals surface area contributed by atoms with Crippen molar-refractivity contribution >= 4 is 17.2 Å². The molecule has 0 fully saturated rings. The van der Waals surface area contributed by atoms with Gasteiger partial charge in [0.1, 0.15) is 0 Å². The van der Waals surface area contributed by atoms with Crippen molar-refractivity contribution in [3.05, 3.63) is 58.3 Å². The first-order valence-corrected chi connectivity index (χ1v) is 8.60. The number of rotatable bonds is 8. The molecule has 0 saturated heterocycles. The third-order valence-electron chi connectivity index (χ3n) is 3.76. The van der Waals surface area contributed by atoms with E-state index in [1.807, 2.05) is 32.3 Å². The minimum Gasteiger partial charge on any atom is -0.354 e. The fraction of sp³-hybridized carbons (Fsp3) is 0.389. The normalized spacial score (nSPS) is 12.3. The van der Waals surface area contributed by atoms with Crippen molar-refractivity contribution in [3.63, 3.8) is 0 Å². The number of benzene rings is 1. The van der Waals surface area contributed by atoms with Gasteiger partial charge in [-0.05, 0) is 54.9 Å². The number of likely N-dealkylation sites (N-methyl/N-ethyl adjacent to an activating group) is 1. The minimum atomic E-state index is 0.137. The van der Waals surface area contributed by atoms with Crippen LogP contribution in [0.15, 0.2) is 47.2 Å². The van der Waals surface area contributed by atoms with E-state index in [0.717, 1.165) is 12.8 Å². The Kier molecular flexibility index (Phi) is 6.62. The molecule has 1 heterocycles. The molecule has 0 spiro atoms. The number of amides is 1. The molecule has 1 atom stereocenters. The second-order valence-electron chi connectivity index (χ2n) is 5.68. The maximum Gasteiger partial charge on any atom is 0.220 e. The van der Waals surface area contributed by atoms with Gasteiger partial charge in [0.2, 0.25) is 5.91 Å². The maximum absolute atomic E-state index is 12.0. The van der Waals surface area contributed by atoms with Gasteiger partial charge in [-0.3, -0.25) is 4.79 Å². The lowest BCUT2D eigenvalue weighted by molar-refractivity contribution is -0.121. The Morgan fingerprint density at radius 3 is 2.64 bits per heavy atom. The smallest absolute Gasteiger partial charge is 0.220 e. The fourth-order valence-electron chi connectivity index (χ4n) is 2.46. The Morgan fingerprint density at radius 2 is 2.00 bits per heavy atom. The number of hydrogen-bond donors (Lipinski definition) is 1. The maximum atomic E-state index is 12.0. The standard InChI is InChI=1S/C18H24N2OS/c1-20(2)17(16-11-12-22-14-16)13-19-18(21)10-6-9-15-7-4-3-5-8-15/h3-5,7-8,11-12,14,17H,6,9-10,13H2,1-2H3,(H,19,21)/t17-/m1/s1. The topological polar surface area (TPSA) is 32.3 Å². The monoisotopic (exact) mass is 316 g/mol. The van der Waals surface area contributed by atoms with Crippen LogP contribution in [0.4, 0.5) is 0 Å². The molecule has 0 saturated carbocycles. The lowest BCUT2D eigenvalue weighted by atomic mass is 10.1. The molecular formula is C18H24N2OS. The van der Waals surface area contributed by atoms with Gasteiger partial charge in [0, 0.05) is 13.0 Å². The van der Waals surface area contributed by atoms with Crippen molar-refractivity contribution in [3.8, 4) is 0 Å². The lowest BCUT2D eigenvalue weighted by Gasteiger charge is -2.24. The van der Waals surface area contributed by atoms with Crippen molar-refractivity contribution in [2.75, 3.05) is 20.6 Å². The van der Waals surface area contributed by atoms with E-state index in [4.69, 9.17) is 0 Å². The molecule has 0 aliphatic carbocycles. The summed E-state index contributed by atoms with van der Waals surface area (Å²) < 4.78 is 0. The largest absolute Gasteiger partial charge is 0.354 e.